The molecular formula is C17H22FN3O3. The van der Waals surface area contributed by atoms with Crippen molar-refractivity contribution < 1.29 is 18.7 Å². The maximum atomic E-state index is 14.4. The van der Waals surface area contributed by atoms with Crippen LogP contribution in [0.15, 0.2) is 18.2 Å². The fraction of sp³-hybridized carbons (Fsp3) is 0.529. The lowest BCUT2D eigenvalue weighted by atomic mass is 9.79. The second-order valence-electron chi connectivity index (χ2n) is 6.37. The number of rotatable bonds is 4. The van der Waals surface area contributed by atoms with E-state index < -0.39 is 11.2 Å². The van der Waals surface area contributed by atoms with Crippen molar-refractivity contribution in [1.29, 1.82) is 0 Å². The minimum atomic E-state index is -0.668. The van der Waals surface area contributed by atoms with Crippen LogP contribution in [0.5, 0.6) is 0 Å². The van der Waals surface area contributed by atoms with Crippen LogP contribution < -0.4 is 16.0 Å². The van der Waals surface area contributed by atoms with Gasteiger partial charge in [-0.15, -0.1) is 0 Å². The van der Waals surface area contributed by atoms with E-state index in [1.165, 1.54) is 17.0 Å². The van der Waals surface area contributed by atoms with Gasteiger partial charge in [-0.1, -0.05) is 0 Å². The zero-order valence-electron chi connectivity index (χ0n) is 13.5. The lowest BCUT2D eigenvalue weighted by Gasteiger charge is -2.34. The van der Waals surface area contributed by atoms with E-state index in [-0.39, 0.29) is 24.0 Å². The van der Waals surface area contributed by atoms with Crippen LogP contribution in [0.3, 0.4) is 0 Å². The standard InChI is InChI=1S/C17H22FN3O3/c18-13-10-12(3-4-14(13)21-7-1-2-15(21)22)20-16(23)17(11-19)5-8-24-9-6-17/h3-4,10H,1-2,5-9,11,19H2,(H,20,23). The largest absolute Gasteiger partial charge is 0.381 e. The van der Waals surface area contributed by atoms with Gasteiger partial charge in [-0.05, 0) is 37.5 Å². The number of carbonyl (C=O) groups excluding carboxylic acids is 2. The highest BCUT2D eigenvalue weighted by molar-refractivity contribution is 5.97. The van der Waals surface area contributed by atoms with E-state index in [0.717, 1.165) is 6.42 Å². The SMILES string of the molecule is NCC1(C(=O)Nc2ccc(N3CCCC3=O)c(F)c2)CCOCC1. The first-order valence-electron chi connectivity index (χ1n) is 8.25. The number of nitrogens with two attached hydrogens (primary N) is 1. The molecule has 0 unspecified atom stereocenters. The summed E-state index contributed by atoms with van der Waals surface area (Å²) in [5, 5.41) is 2.76. The van der Waals surface area contributed by atoms with Crippen LogP contribution >= 0.6 is 0 Å². The Labute approximate surface area is 140 Å². The van der Waals surface area contributed by atoms with E-state index in [9.17, 15) is 14.0 Å². The summed E-state index contributed by atoms with van der Waals surface area (Å²) >= 11 is 0. The zero-order valence-corrected chi connectivity index (χ0v) is 13.5. The molecule has 0 radical (unpaired) electrons. The third-order valence-electron chi connectivity index (χ3n) is 4.89. The van der Waals surface area contributed by atoms with Crippen LogP contribution in [0.2, 0.25) is 0 Å². The summed E-state index contributed by atoms with van der Waals surface area (Å²) < 4.78 is 19.7. The minimum absolute atomic E-state index is 0.0741. The Morgan fingerprint density at radius 2 is 2.12 bits per heavy atom. The molecule has 1 aromatic carbocycles. The van der Waals surface area contributed by atoms with Crippen molar-refractivity contribution in [2.24, 2.45) is 11.1 Å². The van der Waals surface area contributed by atoms with Crippen molar-refractivity contribution >= 4 is 23.2 Å². The summed E-state index contributed by atoms with van der Waals surface area (Å²) in [7, 11) is 0. The Bertz CT molecular complexity index is 644. The lowest BCUT2D eigenvalue weighted by molar-refractivity contribution is -0.130. The average molecular weight is 335 g/mol. The highest BCUT2D eigenvalue weighted by atomic mass is 19.1. The summed E-state index contributed by atoms with van der Waals surface area (Å²) in [6, 6.07) is 4.40. The molecule has 0 saturated carbocycles. The van der Waals surface area contributed by atoms with E-state index in [2.05, 4.69) is 5.32 Å². The van der Waals surface area contributed by atoms with Gasteiger partial charge in [0, 0.05) is 38.4 Å². The Balaban J connectivity index is 1.74. The third-order valence-corrected chi connectivity index (χ3v) is 4.89. The Hall–Kier alpha value is -1.99. The molecule has 3 N–H and O–H groups in total. The van der Waals surface area contributed by atoms with Gasteiger partial charge in [0.1, 0.15) is 5.82 Å². The van der Waals surface area contributed by atoms with E-state index in [4.69, 9.17) is 10.5 Å². The molecule has 6 nitrogen and oxygen atoms in total. The van der Waals surface area contributed by atoms with Gasteiger partial charge in [-0.3, -0.25) is 9.59 Å². The second-order valence-corrected chi connectivity index (χ2v) is 6.37. The van der Waals surface area contributed by atoms with Crippen LogP contribution in [0.1, 0.15) is 25.7 Å². The van der Waals surface area contributed by atoms with Crippen LogP contribution in [0, 0.1) is 11.2 Å². The number of benzene rings is 1. The van der Waals surface area contributed by atoms with Crippen LogP contribution in [0.25, 0.3) is 0 Å². The zero-order chi connectivity index (χ0) is 17.2. The lowest BCUT2D eigenvalue weighted by Crippen LogP contribution is -2.46. The molecule has 24 heavy (non-hydrogen) atoms. The van der Waals surface area contributed by atoms with Gasteiger partial charge in [0.25, 0.3) is 0 Å². The van der Waals surface area contributed by atoms with Crippen LogP contribution in [-0.4, -0.2) is 38.1 Å². The molecule has 2 saturated heterocycles. The fourth-order valence-electron chi connectivity index (χ4n) is 3.26. The Kier molecular flexibility index (Phi) is 4.82. The highest BCUT2D eigenvalue weighted by Crippen LogP contribution is 2.32. The van der Waals surface area contributed by atoms with Gasteiger partial charge in [-0.2, -0.15) is 0 Å². The molecule has 0 aliphatic carbocycles. The summed E-state index contributed by atoms with van der Waals surface area (Å²) in [5.74, 6) is -0.801. The molecule has 1 aromatic rings. The summed E-state index contributed by atoms with van der Waals surface area (Å²) in [5.41, 5.74) is 5.77. The van der Waals surface area contributed by atoms with Crippen LogP contribution in [-0.2, 0) is 14.3 Å². The molecule has 0 atom stereocenters. The first-order chi connectivity index (χ1) is 11.6. The third kappa shape index (κ3) is 3.14. The number of halogens is 1. The van der Waals surface area contributed by atoms with Crippen molar-refractivity contribution in [1.82, 2.24) is 0 Å². The maximum Gasteiger partial charge on any atom is 0.232 e. The maximum absolute atomic E-state index is 14.4. The molecule has 2 heterocycles. The fourth-order valence-corrected chi connectivity index (χ4v) is 3.26. The number of anilines is 2. The van der Waals surface area contributed by atoms with E-state index in [1.807, 2.05) is 0 Å². The average Bonchev–Trinajstić information content (AvgIpc) is 3.01. The molecule has 0 aromatic heterocycles. The number of hydrogen-bond acceptors (Lipinski definition) is 4. The number of hydrogen-bond donors (Lipinski definition) is 2. The first kappa shape index (κ1) is 16.9. The molecular weight excluding hydrogens is 313 g/mol. The molecule has 2 aliphatic heterocycles. The summed E-state index contributed by atoms with van der Waals surface area (Å²) in [6.07, 6.45) is 2.28. The topological polar surface area (TPSA) is 84.7 Å². The molecule has 0 bridgehead atoms. The number of nitrogens with zero attached hydrogens (tertiary/aromatic N) is 1. The molecule has 2 fully saturated rings. The van der Waals surface area contributed by atoms with E-state index >= 15 is 0 Å². The predicted octanol–water partition coefficient (Wildman–Crippen LogP) is 1.65. The molecule has 2 aliphatic rings. The van der Waals surface area contributed by atoms with Gasteiger partial charge in [0.2, 0.25) is 11.8 Å². The van der Waals surface area contributed by atoms with Gasteiger partial charge < -0.3 is 20.7 Å². The van der Waals surface area contributed by atoms with Crippen molar-refractivity contribution in [3.63, 3.8) is 0 Å². The van der Waals surface area contributed by atoms with Crippen molar-refractivity contribution in [2.45, 2.75) is 25.7 Å². The molecule has 7 heteroatoms. The van der Waals surface area contributed by atoms with E-state index in [1.54, 1.807) is 6.07 Å². The van der Waals surface area contributed by atoms with Gasteiger partial charge in [0.15, 0.2) is 0 Å². The summed E-state index contributed by atoms with van der Waals surface area (Å²) in [6.45, 7) is 1.74. The number of carbonyl (C=O) groups is 2. The second kappa shape index (κ2) is 6.86. The molecule has 2 amide bonds. The van der Waals surface area contributed by atoms with Gasteiger partial charge >= 0.3 is 0 Å². The highest BCUT2D eigenvalue weighted by Gasteiger charge is 2.38. The number of nitrogens with one attached hydrogen (secondary N) is 1. The Morgan fingerprint density at radius 1 is 1.38 bits per heavy atom. The first-order valence-corrected chi connectivity index (χ1v) is 8.25. The monoisotopic (exact) mass is 335 g/mol. The van der Waals surface area contributed by atoms with Gasteiger partial charge in [0.05, 0.1) is 11.1 Å². The smallest absolute Gasteiger partial charge is 0.232 e. The van der Waals surface area contributed by atoms with Crippen molar-refractivity contribution in [2.75, 3.05) is 36.5 Å². The van der Waals surface area contributed by atoms with Gasteiger partial charge in [-0.25, -0.2) is 4.39 Å². The van der Waals surface area contributed by atoms with E-state index in [0.29, 0.717) is 44.7 Å². The number of amides is 2. The minimum Gasteiger partial charge on any atom is -0.381 e. The molecule has 130 valence electrons. The predicted molar refractivity (Wildman–Crippen MR) is 88.2 cm³/mol. The molecule has 3 rings (SSSR count). The van der Waals surface area contributed by atoms with Crippen LogP contribution in [0.4, 0.5) is 15.8 Å². The quantitative estimate of drug-likeness (QED) is 0.876. The summed E-state index contributed by atoms with van der Waals surface area (Å²) in [4.78, 5) is 25.8. The van der Waals surface area contributed by atoms with Crippen molar-refractivity contribution in [3.05, 3.63) is 24.0 Å². The van der Waals surface area contributed by atoms with Crippen molar-refractivity contribution in [3.8, 4) is 0 Å². The number of ether oxygens (including phenoxy) is 1. The normalized spacial score (nSPS) is 20.2. The molecule has 0 spiro atoms. The Morgan fingerprint density at radius 3 is 2.71 bits per heavy atom.